The number of amides is 1. The number of nitrogens with one attached hydrogen (secondary N) is 1. The molecule has 1 atom stereocenters. The first kappa shape index (κ1) is 17.0. The average molecular weight is 324 g/mol. The average Bonchev–Trinajstić information content (AvgIpc) is 3.00. The Balaban J connectivity index is 1.89. The number of anilines is 1. The summed E-state index contributed by atoms with van der Waals surface area (Å²) in [6, 6.07) is 9.00. The maximum Gasteiger partial charge on any atom is 0.387 e. The van der Waals surface area contributed by atoms with Crippen LogP contribution in [-0.2, 0) is 11.3 Å². The van der Waals surface area contributed by atoms with Gasteiger partial charge in [-0.3, -0.25) is 9.69 Å². The molecular formula is C16H18F2N2O3. The van der Waals surface area contributed by atoms with Gasteiger partial charge in [-0.05, 0) is 50.4 Å². The lowest BCUT2D eigenvalue weighted by molar-refractivity contribution is -0.120. The maximum absolute atomic E-state index is 12.2. The Morgan fingerprint density at radius 3 is 2.57 bits per heavy atom. The molecule has 2 rings (SSSR count). The zero-order valence-corrected chi connectivity index (χ0v) is 12.8. The number of carbonyl (C=O) groups is 1. The first-order valence-electron chi connectivity index (χ1n) is 7.04. The summed E-state index contributed by atoms with van der Waals surface area (Å²) in [6.07, 6.45) is 1.58. The second kappa shape index (κ2) is 7.73. The summed E-state index contributed by atoms with van der Waals surface area (Å²) >= 11 is 0. The van der Waals surface area contributed by atoms with Gasteiger partial charge in [-0.2, -0.15) is 8.78 Å². The summed E-state index contributed by atoms with van der Waals surface area (Å²) in [5.41, 5.74) is 0.509. The molecule has 0 aliphatic rings. The second-order valence-electron chi connectivity index (χ2n) is 5.06. The summed E-state index contributed by atoms with van der Waals surface area (Å²) in [5, 5.41) is 2.73. The van der Waals surface area contributed by atoms with E-state index in [-0.39, 0.29) is 11.7 Å². The molecule has 0 saturated heterocycles. The van der Waals surface area contributed by atoms with E-state index in [4.69, 9.17) is 4.42 Å². The van der Waals surface area contributed by atoms with Gasteiger partial charge in [0.05, 0.1) is 18.8 Å². The van der Waals surface area contributed by atoms with E-state index < -0.39 is 12.7 Å². The predicted octanol–water partition coefficient (Wildman–Crippen LogP) is 3.34. The zero-order chi connectivity index (χ0) is 16.8. The van der Waals surface area contributed by atoms with Gasteiger partial charge in [-0.25, -0.2) is 0 Å². The Labute approximate surface area is 132 Å². The van der Waals surface area contributed by atoms with Gasteiger partial charge in [0.2, 0.25) is 5.91 Å². The van der Waals surface area contributed by atoms with Gasteiger partial charge < -0.3 is 14.5 Å². The highest BCUT2D eigenvalue weighted by Gasteiger charge is 2.19. The van der Waals surface area contributed by atoms with Gasteiger partial charge >= 0.3 is 6.61 Å². The third kappa shape index (κ3) is 5.07. The first-order chi connectivity index (χ1) is 11.0. The fourth-order valence-corrected chi connectivity index (χ4v) is 1.95. The van der Waals surface area contributed by atoms with Gasteiger partial charge in [0, 0.05) is 5.69 Å². The minimum Gasteiger partial charge on any atom is -0.468 e. The molecule has 1 aromatic heterocycles. The lowest BCUT2D eigenvalue weighted by Gasteiger charge is -2.22. The standard InChI is InChI=1S/C16H18F2N2O3/c1-11(20(2)10-14-4-3-9-22-14)15(21)19-12-5-7-13(8-6-12)23-16(17)18/h3-9,11,16H,10H2,1-2H3,(H,19,21)/t11-/m1/s1. The Bertz CT molecular complexity index is 615. The Morgan fingerprint density at radius 2 is 2.00 bits per heavy atom. The molecule has 0 fully saturated rings. The van der Waals surface area contributed by atoms with Crippen LogP contribution in [-0.4, -0.2) is 30.5 Å². The minimum absolute atomic E-state index is 0.0426. The van der Waals surface area contributed by atoms with Gasteiger partial charge in [0.15, 0.2) is 0 Å². The number of hydrogen-bond acceptors (Lipinski definition) is 4. The molecule has 1 aromatic carbocycles. The van der Waals surface area contributed by atoms with Gasteiger partial charge in [0.25, 0.3) is 0 Å². The van der Waals surface area contributed by atoms with Crippen LogP contribution in [0.4, 0.5) is 14.5 Å². The molecule has 1 amide bonds. The maximum atomic E-state index is 12.2. The van der Waals surface area contributed by atoms with E-state index >= 15 is 0 Å². The molecule has 1 N–H and O–H groups in total. The topological polar surface area (TPSA) is 54.7 Å². The van der Waals surface area contributed by atoms with E-state index in [9.17, 15) is 13.6 Å². The molecule has 0 spiro atoms. The van der Waals surface area contributed by atoms with Crippen molar-refractivity contribution in [3.8, 4) is 5.75 Å². The van der Waals surface area contributed by atoms with Crippen LogP contribution in [0.1, 0.15) is 12.7 Å². The molecule has 1 heterocycles. The van der Waals surface area contributed by atoms with Crippen molar-refractivity contribution in [3.05, 3.63) is 48.4 Å². The largest absolute Gasteiger partial charge is 0.468 e. The van der Waals surface area contributed by atoms with Crippen LogP contribution in [0.3, 0.4) is 0 Å². The number of rotatable bonds is 7. The fourth-order valence-electron chi connectivity index (χ4n) is 1.95. The Hall–Kier alpha value is -2.41. The van der Waals surface area contributed by atoms with Crippen molar-refractivity contribution in [2.24, 2.45) is 0 Å². The third-order valence-electron chi connectivity index (χ3n) is 3.37. The van der Waals surface area contributed by atoms with Crippen molar-refractivity contribution in [1.82, 2.24) is 4.90 Å². The van der Waals surface area contributed by atoms with Crippen LogP contribution in [0.25, 0.3) is 0 Å². The molecule has 124 valence electrons. The number of ether oxygens (including phenoxy) is 1. The van der Waals surface area contributed by atoms with Crippen LogP contribution < -0.4 is 10.1 Å². The van der Waals surface area contributed by atoms with Gasteiger partial charge in [-0.15, -0.1) is 0 Å². The van der Waals surface area contributed by atoms with E-state index in [0.717, 1.165) is 5.76 Å². The van der Waals surface area contributed by atoms with E-state index in [1.807, 2.05) is 18.0 Å². The van der Waals surface area contributed by atoms with Crippen LogP contribution in [0, 0.1) is 0 Å². The number of nitrogens with zero attached hydrogens (tertiary/aromatic N) is 1. The summed E-state index contributed by atoms with van der Waals surface area (Å²) in [4.78, 5) is 14.0. The molecular weight excluding hydrogens is 306 g/mol. The molecule has 0 aliphatic carbocycles. The number of alkyl halides is 2. The zero-order valence-electron chi connectivity index (χ0n) is 12.8. The van der Waals surface area contributed by atoms with Crippen LogP contribution in [0.5, 0.6) is 5.75 Å². The highest BCUT2D eigenvalue weighted by molar-refractivity contribution is 5.94. The van der Waals surface area contributed by atoms with Crippen LogP contribution in [0.2, 0.25) is 0 Å². The fraction of sp³-hybridized carbons (Fsp3) is 0.312. The Morgan fingerprint density at radius 1 is 1.30 bits per heavy atom. The smallest absolute Gasteiger partial charge is 0.387 e. The van der Waals surface area contributed by atoms with Crippen LogP contribution in [0.15, 0.2) is 47.1 Å². The van der Waals surface area contributed by atoms with Crippen molar-refractivity contribution in [2.45, 2.75) is 26.1 Å². The predicted molar refractivity (Wildman–Crippen MR) is 81.3 cm³/mol. The van der Waals surface area contributed by atoms with Crippen molar-refractivity contribution in [2.75, 3.05) is 12.4 Å². The number of likely N-dealkylation sites (N-methyl/N-ethyl adjacent to an activating group) is 1. The van der Waals surface area contributed by atoms with Crippen molar-refractivity contribution >= 4 is 11.6 Å². The lowest BCUT2D eigenvalue weighted by Crippen LogP contribution is -2.39. The summed E-state index contributed by atoms with van der Waals surface area (Å²) in [5.74, 6) is 0.600. The number of halogens is 2. The normalized spacial score (nSPS) is 12.4. The van der Waals surface area contributed by atoms with E-state index in [1.165, 1.54) is 24.3 Å². The highest BCUT2D eigenvalue weighted by Crippen LogP contribution is 2.18. The number of hydrogen-bond donors (Lipinski definition) is 1. The van der Waals surface area contributed by atoms with Gasteiger partial charge in [0.1, 0.15) is 11.5 Å². The number of carbonyl (C=O) groups excluding carboxylic acids is 1. The van der Waals surface area contributed by atoms with Crippen molar-refractivity contribution < 1.29 is 22.7 Å². The molecule has 2 aromatic rings. The van der Waals surface area contributed by atoms with Crippen molar-refractivity contribution in [3.63, 3.8) is 0 Å². The second-order valence-corrected chi connectivity index (χ2v) is 5.06. The molecule has 0 aliphatic heterocycles. The summed E-state index contributed by atoms with van der Waals surface area (Å²) < 4.78 is 33.7. The molecule has 0 radical (unpaired) electrons. The molecule has 5 nitrogen and oxygen atoms in total. The highest BCUT2D eigenvalue weighted by atomic mass is 19.3. The molecule has 7 heteroatoms. The molecule has 23 heavy (non-hydrogen) atoms. The summed E-state index contributed by atoms with van der Waals surface area (Å²) in [6.45, 7) is -0.597. The van der Waals surface area contributed by atoms with Gasteiger partial charge in [-0.1, -0.05) is 0 Å². The van der Waals surface area contributed by atoms with Crippen LogP contribution >= 0.6 is 0 Å². The number of benzene rings is 1. The van der Waals surface area contributed by atoms with Crippen molar-refractivity contribution in [1.29, 1.82) is 0 Å². The quantitative estimate of drug-likeness (QED) is 0.849. The monoisotopic (exact) mass is 324 g/mol. The minimum atomic E-state index is -2.87. The number of furan rings is 1. The Kier molecular flexibility index (Phi) is 5.70. The first-order valence-corrected chi connectivity index (χ1v) is 7.04. The molecule has 0 saturated carbocycles. The van der Waals surface area contributed by atoms with E-state index in [1.54, 1.807) is 19.3 Å². The van der Waals surface area contributed by atoms with E-state index in [0.29, 0.717) is 12.2 Å². The SMILES string of the molecule is C[C@H](C(=O)Nc1ccc(OC(F)F)cc1)N(C)Cc1ccco1. The molecule has 0 bridgehead atoms. The lowest BCUT2D eigenvalue weighted by atomic mass is 10.2. The molecule has 0 unspecified atom stereocenters. The third-order valence-corrected chi connectivity index (χ3v) is 3.37. The van der Waals surface area contributed by atoms with E-state index in [2.05, 4.69) is 10.1 Å². The summed E-state index contributed by atoms with van der Waals surface area (Å²) in [7, 11) is 1.81.